The van der Waals surface area contributed by atoms with E-state index in [9.17, 15) is 39.6 Å². The minimum atomic E-state index is -1.55. The van der Waals surface area contributed by atoms with Gasteiger partial charge in [-0.05, 0) is 25.0 Å². The fraction of sp³-hybridized carbons (Fsp3) is 0.273. The molecule has 0 aromatic heterocycles. The molecule has 0 aliphatic carbocycles. The van der Waals surface area contributed by atoms with Gasteiger partial charge in [0.2, 0.25) is 0 Å². The van der Waals surface area contributed by atoms with Gasteiger partial charge in [-0.15, -0.1) is 0 Å². The number of methoxy groups -OCH3 is 2. The summed E-state index contributed by atoms with van der Waals surface area (Å²) in [5.74, 6) is -4.12. The van der Waals surface area contributed by atoms with Gasteiger partial charge < -0.3 is 39.5 Å². The van der Waals surface area contributed by atoms with Crippen molar-refractivity contribution in [2.24, 2.45) is 0 Å². The number of aldehydes is 2. The zero-order valence-electron chi connectivity index (χ0n) is 18.6. The minimum absolute atomic E-state index is 0. The van der Waals surface area contributed by atoms with Crippen LogP contribution >= 0.6 is 0 Å². The van der Waals surface area contributed by atoms with Crippen LogP contribution in [0, 0.1) is 0 Å². The van der Waals surface area contributed by atoms with Gasteiger partial charge in [0.1, 0.15) is 12.6 Å². The number of carboxylic acid groups (broad SMARTS) is 2. The monoisotopic (exact) mass is 470 g/mol. The Hall–Kier alpha value is -3.31. The Labute approximate surface area is 205 Å². The normalized spacial score (nSPS) is 9.58. The van der Waals surface area contributed by atoms with Crippen molar-refractivity contribution in [2.45, 2.75) is 26.7 Å². The quantitative estimate of drug-likeness (QED) is 0.391. The minimum Gasteiger partial charge on any atom is -0.545 e. The molecule has 33 heavy (non-hydrogen) atoms. The van der Waals surface area contributed by atoms with Gasteiger partial charge in [-0.2, -0.15) is 0 Å². The molecule has 2 aromatic carbocycles. The number of carboxylic acids is 2. The number of hydrogen-bond donors (Lipinski definition) is 2. The van der Waals surface area contributed by atoms with E-state index in [4.69, 9.17) is 9.47 Å². The third-order valence-corrected chi connectivity index (χ3v) is 4.59. The second-order valence-electron chi connectivity index (χ2n) is 6.27. The smallest absolute Gasteiger partial charge is 0.545 e. The van der Waals surface area contributed by atoms with E-state index >= 15 is 0 Å². The van der Waals surface area contributed by atoms with Crippen LogP contribution in [0.5, 0.6) is 23.0 Å². The molecule has 0 spiro atoms. The first-order valence-corrected chi connectivity index (χ1v) is 9.31. The molecule has 2 aromatic rings. The zero-order valence-corrected chi connectivity index (χ0v) is 20.0. The first-order chi connectivity index (χ1) is 15.1. The van der Waals surface area contributed by atoms with E-state index in [1.807, 2.05) is 0 Å². The second-order valence-corrected chi connectivity index (χ2v) is 6.27. The van der Waals surface area contributed by atoms with Crippen LogP contribution in [-0.2, 0) is 12.8 Å². The Balaban J connectivity index is 0.000000602. The van der Waals surface area contributed by atoms with E-state index in [1.54, 1.807) is 13.8 Å². The topological polar surface area (TPSA) is 173 Å². The van der Waals surface area contributed by atoms with Gasteiger partial charge in [-0.1, -0.05) is 13.8 Å². The second kappa shape index (κ2) is 13.3. The van der Waals surface area contributed by atoms with Crippen molar-refractivity contribution >= 4 is 47.6 Å². The molecular formula is C22H22MgO10. The van der Waals surface area contributed by atoms with Crippen LogP contribution in [0.2, 0.25) is 0 Å². The third-order valence-electron chi connectivity index (χ3n) is 4.59. The fourth-order valence-corrected chi connectivity index (χ4v) is 3.11. The summed E-state index contributed by atoms with van der Waals surface area (Å²) in [5.41, 5.74) is 0.403. The number of rotatable bonds is 8. The van der Waals surface area contributed by atoms with Crippen LogP contribution in [0.25, 0.3) is 0 Å². The molecule has 0 aliphatic heterocycles. The van der Waals surface area contributed by atoms with Crippen molar-refractivity contribution in [1.82, 2.24) is 0 Å². The predicted octanol–water partition coefficient (Wildman–Crippen LogP) is -0.102. The molecule has 0 saturated carbocycles. The number of ether oxygens (including phenoxy) is 2. The van der Waals surface area contributed by atoms with Gasteiger partial charge in [0.25, 0.3) is 0 Å². The third kappa shape index (κ3) is 6.36. The van der Waals surface area contributed by atoms with Gasteiger partial charge in [0, 0.05) is 33.4 Å². The number of benzene rings is 2. The molecule has 0 saturated heterocycles. The van der Waals surface area contributed by atoms with Crippen LogP contribution in [0.4, 0.5) is 0 Å². The summed E-state index contributed by atoms with van der Waals surface area (Å²) in [5, 5.41) is 40.7. The fourth-order valence-electron chi connectivity index (χ4n) is 3.11. The zero-order chi connectivity index (χ0) is 24.6. The van der Waals surface area contributed by atoms with E-state index in [0.717, 1.165) is 12.1 Å². The summed E-state index contributed by atoms with van der Waals surface area (Å²) < 4.78 is 9.80. The van der Waals surface area contributed by atoms with E-state index in [1.165, 1.54) is 14.2 Å². The largest absolute Gasteiger partial charge is 2.00 e. The molecule has 0 bridgehead atoms. The molecule has 0 heterocycles. The van der Waals surface area contributed by atoms with Crippen molar-refractivity contribution < 1.29 is 49.1 Å². The van der Waals surface area contributed by atoms with Gasteiger partial charge in [0.15, 0.2) is 23.0 Å². The maximum Gasteiger partial charge on any atom is 2.00 e. The molecule has 0 atom stereocenters. The van der Waals surface area contributed by atoms with Crippen molar-refractivity contribution in [3.05, 3.63) is 45.5 Å². The molecule has 2 N–H and O–H groups in total. The molecule has 2 rings (SSSR count). The maximum absolute atomic E-state index is 10.8. The number of carbonyl (C=O) groups is 4. The first-order valence-electron chi connectivity index (χ1n) is 9.31. The SMILES string of the molecule is CCc1c(C=O)cc(C(=O)[O-])c(O)c1OC.CCc1c(C=O)cc(C(=O)[O-])c(O)c1OC.[Mg+2]. The molecule has 172 valence electrons. The van der Waals surface area contributed by atoms with Crippen molar-refractivity contribution in [1.29, 1.82) is 0 Å². The van der Waals surface area contributed by atoms with Crippen LogP contribution in [0.1, 0.15) is 66.4 Å². The molecule has 0 aliphatic rings. The summed E-state index contributed by atoms with van der Waals surface area (Å²) >= 11 is 0. The molecule has 10 nitrogen and oxygen atoms in total. The molecule has 0 unspecified atom stereocenters. The van der Waals surface area contributed by atoms with E-state index in [2.05, 4.69) is 0 Å². The van der Waals surface area contributed by atoms with Crippen LogP contribution in [0.15, 0.2) is 12.1 Å². The van der Waals surface area contributed by atoms with Crippen molar-refractivity contribution in [3.8, 4) is 23.0 Å². The van der Waals surface area contributed by atoms with Crippen molar-refractivity contribution in [2.75, 3.05) is 14.2 Å². The predicted molar refractivity (Wildman–Crippen MR) is 113 cm³/mol. The number of aromatic carboxylic acids is 2. The van der Waals surface area contributed by atoms with E-state index in [0.29, 0.717) is 36.5 Å². The summed E-state index contributed by atoms with van der Waals surface area (Å²) in [7, 11) is 2.59. The number of hydrogen-bond acceptors (Lipinski definition) is 10. The Morgan fingerprint density at radius 3 is 1.30 bits per heavy atom. The average Bonchev–Trinajstić information content (AvgIpc) is 2.77. The number of aromatic hydroxyl groups is 2. The number of carbonyl (C=O) groups excluding carboxylic acids is 4. The van der Waals surface area contributed by atoms with Gasteiger partial charge in [-0.25, -0.2) is 0 Å². The van der Waals surface area contributed by atoms with Gasteiger partial charge in [-0.3, -0.25) is 9.59 Å². The molecule has 0 fully saturated rings. The Bertz CT molecular complexity index is 963. The summed E-state index contributed by atoms with van der Waals surface area (Å²) in [4.78, 5) is 43.0. The van der Waals surface area contributed by atoms with E-state index < -0.39 is 34.6 Å². The van der Waals surface area contributed by atoms with Crippen LogP contribution < -0.4 is 19.7 Å². The summed E-state index contributed by atoms with van der Waals surface area (Å²) in [6.45, 7) is 3.53. The maximum atomic E-state index is 10.8. The van der Waals surface area contributed by atoms with Gasteiger partial charge in [0.05, 0.1) is 26.2 Å². The molecule has 0 radical (unpaired) electrons. The number of phenols is 2. The van der Waals surface area contributed by atoms with Gasteiger partial charge >= 0.3 is 23.1 Å². The standard InChI is InChI=1S/2C11H12O5.Mg/c2*1-3-7-6(5-12)4-8(11(14)15)9(13)10(7)16-2;/h2*4-5,13H,3H2,1-2H3,(H,14,15);/q;;+2/p-2. The Morgan fingerprint density at radius 2 is 1.12 bits per heavy atom. The van der Waals surface area contributed by atoms with Crippen LogP contribution in [-0.4, -0.2) is 72.0 Å². The summed E-state index contributed by atoms with van der Waals surface area (Å²) in [6.07, 6.45) is 1.93. The average molecular weight is 471 g/mol. The first kappa shape index (κ1) is 29.7. The molecular weight excluding hydrogens is 449 g/mol. The Morgan fingerprint density at radius 1 is 0.818 bits per heavy atom. The molecule has 0 amide bonds. The Kier molecular flexibility index (Phi) is 11.9. The molecule has 11 heteroatoms. The van der Waals surface area contributed by atoms with Crippen molar-refractivity contribution in [3.63, 3.8) is 0 Å². The van der Waals surface area contributed by atoms with E-state index in [-0.39, 0.29) is 45.7 Å². The van der Waals surface area contributed by atoms with Crippen LogP contribution in [0.3, 0.4) is 0 Å². The summed E-state index contributed by atoms with van der Waals surface area (Å²) in [6, 6.07) is 2.16.